The molecule has 1 aliphatic carbocycles. The van der Waals surface area contributed by atoms with Crippen molar-refractivity contribution in [2.75, 3.05) is 5.75 Å². The van der Waals surface area contributed by atoms with E-state index < -0.39 is 40.9 Å². The number of aliphatic carboxylic acids is 1. The largest absolute Gasteiger partial charge is 0.480 e. The Morgan fingerprint density at radius 3 is 2.38 bits per heavy atom. The molecule has 0 spiro atoms. The Kier molecular flexibility index (Phi) is 4.06. The second-order valence-electron chi connectivity index (χ2n) is 3.46. The van der Waals surface area contributed by atoms with E-state index in [1.807, 2.05) is 0 Å². The summed E-state index contributed by atoms with van der Waals surface area (Å²) in [7, 11) is 0. The third-order valence-electron chi connectivity index (χ3n) is 2.04. The first-order chi connectivity index (χ1) is 7.29. The number of halogens is 3. The van der Waals surface area contributed by atoms with E-state index >= 15 is 0 Å². The number of thioether (sulfide) groups is 1. The first-order valence-electron chi connectivity index (χ1n) is 4.52. The number of carboxylic acids is 1. The molecule has 0 radical (unpaired) electrons. The minimum atomic E-state index is -4.48. The van der Waals surface area contributed by atoms with E-state index in [0.717, 1.165) is 0 Å². The molecule has 0 aliphatic heterocycles. The van der Waals surface area contributed by atoms with Crippen molar-refractivity contribution in [1.29, 1.82) is 0 Å². The van der Waals surface area contributed by atoms with E-state index in [9.17, 15) is 22.8 Å². The van der Waals surface area contributed by atoms with Crippen LogP contribution in [0.2, 0.25) is 0 Å². The predicted octanol–water partition coefficient (Wildman–Crippen LogP) is 1.22. The van der Waals surface area contributed by atoms with E-state index in [2.05, 4.69) is 5.32 Å². The van der Waals surface area contributed by atoms with E-state index in [4.69, 9.17) is 5.11 Å². The van der Waals surface area contributed by atoms with E-state index in [1.165, 1.54) is 0 Å². The summed E-state index contributed by atoms with van der Waals surface area (Å²) in [5, 5.41) is 10.8. The van der Waals surface area contributed by atoms with Crippen LogP contribution in [0.3, 0.4) is 0 Å². The lowest BCUT2D eigenvalue weighted by molar-refractivity contribution is -0.142. The van der Waals surface area contributed by atoms with E-state index in [1.54, 1.807) is 0 Å². The molecule has 1 amide bonds. The first-order valence-corrected chi connectivity index (χ1v) is 5.51. The average molecular weight is 257 g/mol. The number of amides is 1. The summed E-state index contributed by atoms with van der Waals surface area (Å²) < 4.78 is 35.2. The molecule has 16 heavy (non-hydrogen) atoms. The molecular formula is C8H10F3NO3S. The Balaban J connectivity index is 2.34. The fourth-order valence-electron chi connectivity index (χ4n) is 1.17. The topological polar surface area (TPSA) is 66.4 Å². The van der Waals surface area contributed by atoms with Crippen molar-refractivity contribution in [3.63, 3.8) is 0 Å². The molecule has 2 N–H and O–H groups in total. The molecule has 8 heteroatoms. The van der Waals surface area contributed by atoms with Gasteiger partial charge in [0, 0.05) is 0 Å². The SMILES string of the molecule is O=C(CSC(F)(F)F)NC(C(=O)O)C1CC1. The van der Waals surface area contributed by atoms with Gasteiger partial charge in [0.25, 0.3) is 0 Å². The molecule has 1 saturated carbocycles. The quantitative estimate of drug-likeness (QED) is 0.777. The molecule has 1 aliphatic rings. The average Bonchev–Trinajstić information content (AvgIpc) is 2.92. The fourth-order valence-corrected chi connectivity index (χ4v) is 1.55. The number of alkyl halides is 3. The Hall–Kier alpha value is -0.920. The zero-order valence-electron chi connectivity index (χ0n) is 8.08. The van der Waals surface area contributed by atoms with Gasteiger partial charge in [-0.15, -0.1) is 0 Å². The second-order valence-corrected chi connectivity index (χ2v) is 4.50. The van der Waals surface area contributed by atoms with E-state index in [-0.39, 0.29) is 5.92 Å². The number of hydrogen-bond acceptors (Lipinski definition) is 3. The van der Waals surface area contributed by atoms with Gasteiger partial charge in [-0.1, -0.05) is 0 Å². The Morgan fingerprint density at radius 1 is 1.44 bits per heavy atom. The van der Waals surface area contributed by atoms with Crippen molar-refractivity contribution in [2.24, 2.45) is 5.92 Å². The van der Waals surface area contributed by atoms with Gasteiger partial charge < -0.3 is 10.4 Å². The van der Waals surface area contributed by atoms with Gasteiger partial charge in [0.1, 0.15) is 6.04 Å². The van der Waals surface area contributed by atoms with Crippen molar-refractivity contribution < 1.29 is 27.9 Å². The van der Waals surface area contributed by atoms with Crippen LogP contribution in [0.4, 0.5) is 13.2 Å². The summed E-state index contributed by atoms with van der Waals surface area (Å²) in [5.74, 6) is -3.05. The lowest BCUT2D eigenvalue weighted by atomic mass is 10.2. The summed E-state index contributed by atoms with van der Waals surface area (Å²) in [5.41, 5.74) is -4.48. The minimum absolute atomic E-state index is 0.141. The lowest BCUT2D eigenvalue weighted by Crippen LogP contribution is -2.43. The van der Waals surface area contributed by atoms with Gasteiger partial charge in [-0.25, -0.2) is 4.79 Å². The number of carbonyl (C=O) groups is 2. The van der Waals surface area contributed by atoms with Crippen LogP contribution in [0.1, 0.15) is 12.8 Å². The van der Waals surface area contributed by atoms with Crippen LogP contribution < -0.4 is 5.32 Å². The van der Waals surface area contributed by atoms with Gasteiger partial charge in [-0.05, 0) is 30.5 Å². The van der Waals surface area contributed by atoms with Crippen molar-refractivity contribution in [3.8, 4) is 0 Å². The first kappa shape index (κ1) is 13.1. The van der Waals surface area contributed by atoms with Crippen LogP contribution in [0.25, 0.3) is 0 Å². The van der Waals surface area contributed by atoms with Gasteiger partial charge in [-0.3, -0.25) is 4.79 Å². The van der Waals surface area contributed by atoms with Crippen LogP contribution in [-0.2, 0) is 9.59 Å². The third-order valence-corrected chi connectivity index (χ3v) is 2.78. The van der Waals surface area contributed by atoms with Gasteiger partial charge in [0.05, 0.1) is 5.75 Å². The summed E-state index contributed by atoms with van der Waals surface area (Å²) in [6, 6.07) is -1.05. The second kappa shape index (κ2) is 4.94. The smallest absolute Gasteiger partial charge is 0.442 e. The van der Waals surface area contributed by atoms with Crippen molar-refractivity contribution in [2.45, 2.75) is 24.4 Å². The zero-order valence-corrected chi connectivity index (χ0v) is 8.90. The monoisotopic (exact) mass is 257 g/mol. The summed E-state index contributed by atoms with van der Waals surface area (Å²) in [6.07, 6.45) is 1.37. The minimum Gasteiger partial charge on any atom is -0.480 e. The van der Waals surface area contributed by atoms with Crippen LogP contribution in [0.15, 0.2) is 0 Å². The summed E-state index contributed by atoms with van der Waals surface area (Å²) in [6.45, 7) is 0. The molecule has 0 aromatic rings. The molecule has 0 heterocycles. The highest BCUT2D eigenvalue weighted by Crippen LogP contribution is 2.33. The molecule has 0 saturated heterocycles. The lowest BCUT2D eigenvalue weighted by Gasteiger charge is -2.13. The Labute approximate surface area is 93.6 Å². The highest BCUT2D eigenvalue weighted by atomic mass is 32.2. The van der Waals surface area contributed by atoms with Crippen molar-refractivity contribution >= 4 is 23.6 Å². The molecule has 4 nitrogen and oxygen atoms in total. The maximum absolute atomic E-state index is 11.7. The molecule has 92 valence electrons. The molecule has 1 unspecified atom stereocenters. The molecule has 0 aromatic heterocycles. The molecular weight excluding hydrogens is 247 g/mol. The molecule has 1 rings (SSSR count). The Bertz CT molecular complexity index is 291. The van der Waals surface area contributed by atoms with Gasteiger partial charge >= 0.3 is 11.5 Å². The van der Waals surface area contributed by atoms with Crippen LogP contribution in [0.5, 0.6) is 0 Å². The number of carboxylic acid groups (broad SMARTS) is 1. The van der Waals surface area contributed by atoms with Crippen LogP contribution in [-0.4, -0.2) is 34.3 Å². The third kappa shape index (κ3) is 4.73. The maximum Gasteiger partial charge on any atom is 0.442 e. The highest BCUT2D eigenvalue weighted by Gasteiger charge is 2.38. The van der Waals surface area contributed by atoms with Crippen molar-refractivity contribution in [3.05, 3.63) is 0 Å². The zero-order chi connectivity index (χ0) is 12.3. The number of carbonyl (C=O) groups excluding carboxylic acids is 1. The van der Waals surface area contributed by atoms with Gasteiger partial charge in [0.2, 0.25) is 5.91 Å². The van der Waals surface area contributed by atoms with Crippen molar-refractivity contribution in [1.82, 2.24) is 5.32 Å². The normalized spacial score (nSPS) is 17.9. The summed E-state index contributed by atoms with van der Waals surface area (Å²) >= 11 is -0.477. The number of rotatable bonds is 5. The van der Waals surface area contributed by atoms with Crippen LogP contribution in [0, 0.1) is 5.92 Å². The molecule has 0 bridgehead atoms. The van der Waals surface area contributed by atoms with Crippen LogP contribution >= 0.6 is 11.8 Å². The highest BCUT2D eigenvalue weighted by molar-refractivity contribution is 8.00. The predicted molar refractivity (Wildman–Crippen MR) is 50.8 cm³/mol. The Morgan fingerprint density at radius 2 is 2.00 bits per heavy atom. The standard InChI is InChI=1S/C8H10F3NO3S/c9-8(10,11)16-3-5(13)12-6(7(14)15)4-1-2-4/h4,6H,1-3H2,(H,12,13)(H,14,15). The fraction of sp³-hybridized carbons (Fsp3) is 0.750. The molecule has 0 aromatic carbocycles. The van der Waals surface area contributed by atoms with Gasteiger partial charge in [0.15, 0.2) is 0 Å². The molecule has 1 atom stereocenters. The van der Waals surface area contributed by atoms with E-state index in [0.29, 0.717) is 12.8 Å². The number of hydrogen-bond donors (Lipinski definition) is 2. The number of nitrogens with one attached hydrogen (secondary N) is 1. The van der Waals surface area contributed by atoms with Gasteiger partial charge in [-0.2, -0.15) is 13.2 Å². The summed E-state index contributed by atoms with van der Waals surface area (Å²) in [4.78, 5) is 21.7. The maximum atomic E-state index is 11.7. The molecule has 1 fully saturated rings.